The van der Waals surface area contributed by atoms with Crippen LogP contribution >= 0.6 is 22.6 Å². The van der Waals surface area contributed by atoms with E-state index in [2.05, 4.69) is 61.7 Å². The molecule has 10 atom stereocenters. The van der Waals surface area contributed by atoms with Gasteiger partial charge in [0.1, 0.15) is 12.2 Å². The van der Waals surface area contributed by atoms with Crippen LogP contribution in [0.2, 0.25) is 0 Å². The fourth-order valence-electron chi connectivity index (χ4n) is 9.69. The van der Waals surface area contributed by atoms with E-state index in [1.54, 1.807) is 12.5 Å². The summed E-state index contributed by atoms with van der Waals surface area (Å²) in [6, 6.07) is 0. The number of allylic oxidation sites excluding steroid dienone is 3. The molecule has 1 N–H and O–H groups in total. The summed E-state index contributed by atoms with van der Waals surface area (Å²) in [5, 5.41) is 2.96. The van der Waals surface area contributed by atoms with Crippen LogP contribution in [0.25, 0.3) is 0 Å². The zero-order chi connectivity index (χ0) is 26.7. The number of carbonyl (C=O) groups excluding carboxylic acids is 2. The largest absolute Gasteiger partial charge is 0.494 e. The number of alkyl halides is 1. The maximum absolute atomic E-state index is 11.6. The van der Waals surface area contributed by atoms with Gasteiger partial charge in [-0.3, -0.25) is 9.59 Å². The predicted octanol–water partition coefficient (Wildman–Crippen LogP) is 6.75. The lowest BCUT2D eigenvalue weighted by atomic mass is 9.47. The van der Waals surface area contributed by atoms with Crippen LogP contribution in [0.3, 0.4) is 0 Å². The van der Waals surface area contributed by atoms with Crippen LogP contribution in [0.5, 0.6) is 0 Å². The molecule has 1 aliphatic heterocycles. The molecule has 5 aliphatic rings. The molecule has 206 valence electrons. The van der Waals surface area contributed by atoms with Crippen molar-refractivity contribution >= 4 is 34.5 Å². The van der Waals surface area contributed by atoms with E-state index in [0.29, 0.717) is 33.8 Å². The molecule has 0 radical (unpaired) electrons. The Morgan fingerprint density at radius 1 is 1.19 bits per heavy atom. The summed E-state index contributed by atoms with van der Waals surface area (Å²) in [6.07, 6.45) is 12.0. The maximum Gasteiger partial charge on any atom is 0.302 e. The van der Waals surface area contributed by atoms with Gasteiger partial charge in [0.2, 0.25) is 5.91 Å². The number of amides is 1. The lowest BCUT2D eigenvalue weighted by Crippen LogP contribution is -2.51. The highest BCUT2D eigenvalue weighted by Crippen LogP contribution is 2.69. The third-order valence-corrected chi connectivity index (χ3v) is 12.1. The Kier molecular flexibility index (Phi) is 7.56. The Morgan fingerprint density at radius 3 is 2.65 bits per heavy atom. The average molecular weight is 624 g/mol. The van der Waals surface area contributed by atoms with Gasteiger partial charge in [0.05, 0.1) is 5.76 Å². The minimum absolute atomic E-state index is 0.0394. The first kappa shape index (κ1) is 27.5. The molecule has 37 heavy (non-hydrogen) atoms. The van der Waals surface area contributed by atoms with Crippen LogP contribution in [0.15, 0.2) is 23.0 Å². The Morgan fingerprint density at radius 2 is 1.95 bits per heavy atom. The fraction of sp³-hybridized carbons (Fsp3) is 0.806. The number of fused-ring (bicyclic) bond motifs is 7. The highest BCUT2D eigenvalue weighted by Gasteiger charge is 2.65. The van der Waals surface area contributed by atoms with E-state index in [-0.39, 0.29) is 23.4 Å². The molecule has 0 spiro atoms. The molecule has 5 rings (SSSR count). The number of nitrogens with one attached hydrogen (secondary N) is 1. The molecule has 3 saturated carbocycles. The van der Waals surface area contributed by atoms with Crippen molar-refractivity contribution < 1.29 is 19.1 Å². The minimum Gasteiger partial charge on any atom is -0.494 e. The molecule has 1 heterocycles. The average Bonchev–Trinajstić information content (AvgIpc) is 3.31. The van der Waals surface area contributed by atoms with Crippen molar-refractivity contribution in [1.29, 1.82) is 0 Å². The summed E-state index contributed by atoms with van der Waals surface area (Å²) < 4.78 is 12.8. The van der Waals surface area contributed by atoms with Crippen LogP contribution in [0.1, 0.15) is 92.9 Å². The quantitative estimate of drug-likeness (QED) is 0.159. The third-order valence-electron chi connectivity index (χ3n) is 11.2. The number of hydrogen-bond acceptors (Lipinski definition) is 4. The van der Waals surface area contributed by atoms with Gasteiger partial charge in [-0.15, -0.1) is 0 Å². The lowest BCUT2D eigenvalue weighted by Gasteiger charge is -2.58. The normalized spacial score (nSPS) is 44.3. The van der Waals surface area contributed by atoms with Crippen molar-refractivity contribution in [3.63, 3.8) is 0 Å². The van der Waals surface area contributed by atoms with Crippen LogP contribution in [-0.4, -0.2) is 34.6 Å². The van der Waals surface area contributed by atoms with Crippen molar-refractivity contribution in [2.45, 2.75) is 109 Å². The first-order chi connectivity index (χ1) is 17.4. The van der Waals surface area contributed by atoms with Gasteiger partial charge >= 0.3 is 5.97 Å². The molecule has 0 aromatic carbocycles. The second-order valence-corrected chi connectivity index (χ2v) is 15.1. The molecule has 8 unspecified atom stereocenters. The van der Waals surface area contributed by atoms with Crippen LogP contribution in [-0.2, 0) is 19.1 Å². The van der Waals surface area contributed by atoms with Crippen molar-refractivity contribution in [3.8, 4) is 0 Å². The van der Waals surface area contributed by atoms with Gasteiger partial charge in [-0.1, -0.05) is 55.0 Å². The zero-order valence-electron chi connectivity index (χ0n) is 23.6. The van der Waals surface area contributed by atoms with Crippen molar-refractivity contribution in [3.05, 3.63) is 23.0 Å². The molecule has 1 saturated heterocycles. The van der Waals surface area contributed by atoms with E-state index < -0.39 is 0 Å². The number of carbonyl (C=O) groups is 2. The fourth-order valence-corrected chi connectivity index (χ4v) is 10.6. The van der Waals surface area contributed by atoms with Crippen LogP contribution < -0.4 is 5.32 Å². The zero-order valence-corrected chi connectivity index (χ0v) is 25.7. The smallest absolute Gasteiger partial charge is 0.302 e. The monoisotopic (exact) mass is 623 g/mol. The van der Waals surface area contributed by atoms with Gasteiger partial charge in [0.15, 0.2) is 0 Å². The van der Waals surface area contributed by atoms with Crippen molar-refractivity contribution in [1.82, 2.24) is 5.32 Å². The Bertz CT molecular complexity index is 1010. The first-order valence-corrected chi connectivity index (χ1v) is 15.8. The number of ether oxygens (including phenoxy) is 2. The molecule has 5 nitrogen and oxygen atoms in total. The van der Waals surface area contributed by atoms with Crippen molar-refractivity contribution in [2.75, 3.05) is 6.54 Å². The summed E-state index contributed by atoms with van der Waals surface area (Å²) in [5.41, 5.74) is 3.52. The van der Waals surface area contributed by atoms with E-state index >= 15 is 0 Å². The number of hydrogen-bond donors (Lipinski definition) is 1. The molecular weight excluding hydrogens is 577 g/mol. The second-order valence-electron chi connectivity index (χ2n) is 13.4. The molecule has 6 heteroatoms. The Balaban J connectivity index is 1.31. The Labute approximate surface area is 237 Å². The summed E-state index contributed by atoms with van der Waals surface area (Å²) in [4.78, 5) is 22.9. The van der Waals surface area contributed by atoms with Crippen LogP contribution in [0, 0.1) is 40.4 Å². The number of halogens is 1. The summed E-state index contributed by atoms with van der Waals surface area (Å²) >= 11 is 2.46. The molecule has 0 aromatic heterocycles. The van der Waals surface area contributed by atoms with E-state index in [4.69, 9.17) is 9.47 Å². The number of esters is 1. The van der Waals surface area contributed by atoms with Crippen molar-refractivity contribution in [2.24, 2.45) is 40.4 Å². The molecule has 4 fully saturated rings. The standard InChI is InChI=1S/C31H46INO4/c1-17(13-22(32)16-33-19(3)34)29-18(2)28-27(37-29)15-26-24-8-7-21-14-23(36-20(4)35)9-11-30(21,5)25(24)10-12-31(26,28)6/h7,18,22-28H,8-16H2,1-6H3,(H,33,34)/b29-17-/t18?,22?,23?,24?,25?,26?,27?,28?,30-,31-/m0/s1. The van der Waals surface area contributed by atoms with Gasteiger partial charge in [-0.2, -0.15) is 0 Å². The van der Waals surface area contributed by atoms with Gasteiger partial charge < -0.3 is 14.8 Å². The minimum atomic E-state index is -0.145. The summed E-state index contributed by atoms with van der Waals surface area (Å²) in [5.74, 6) is 4.40. The molecule has 1 amide bonds. The molecule has 0 bridgehead atoms. The highest BCUT2D eigenvalue weighted by molar-refractivity contribution is 14.1. The predicted molar refractivity (Wildman–Crippen MR) is 154 cm³/mol. The van der Waals surface area contributed by atoms with Gasteiger partial charge in [-0.25, -0.2) is 0 Å². The highest BCUT2D eigenvalue weighted by atomic mass is 127. The van der Waals surface area contributed by atoms with E-state index in [1.807, 2.05) is 0 Å². The lowest BCUT2D eigenvalue weighted by molar-refractivity contribution is -0.148. The summed E-state index contributed by atoms with van der Waals surface area (Å²) in [7, 11) is 0. The third kappa shape index (κ3) is 4.80. The molecule has 4 aliphatic carbocycles. The molecule has 0 aromatic rings. The van der Waals surface area contributed by atoms with E-state index in [1.165, 1.54) is 43.9 Å². The van der Waals surface area contributed by atoms with E-state index in [9.17, 15) is 9.59 Å². The van der Waals surface area contributed by atoms with Gasteiger partial charge in [0.25, 0.3) is 0 Å². The Hall–Kier alpha value is -1.05. The van der Waals surface area contributed by atoms with Gasteiger partial charge in [-0.05, 0) is 86.0 Å². The molecular formula is C31H46INO4. The van der Waals surface area contributed by atoms with Crippen LogP contribution in [0.4, 0.5) is 0 Å². The van der Waals surface area contributed by atoms with E-state index in [0.717, 1.165) is 43.4 Å². The van der Waals surface area contributed by atoms with Gasteiger partial charge in [0, 0.05) is 42.6 Å². The SMILES string of the molecule is CC(=O)NCC(I)C/C(C)=C1\OC2CC3C4CC=C5CC(OC(C)=O)CC[C@]5(C)C4CC[C@]3(C)C2C1C. The summed E-state index contributed by atoms with van der Waals surface area (Å²) in [6.45, 7) is 13.6. The maximum atomic E-state index is 11.6. The topological polar surface area (TPSA) is 64.6 Å². The first-order valence-electron chi connectivity index (χ1n) is 14.6. The number of rotatable bonds is 5. The second kappa shape index (κ2) is 10.2.